The smallest absolute Gasteiger partial charge is 0.414 e. The van der Waals surface area contributed by atoms with E-state index in [4.69, 9.17) is 10.00 Å². The summed E-state index contributed by atoms with van der Waals surface area (Å²) in [4.78, 5) is 15.8. The van der Waals surface area contributed by atoms with Gasteiger partial charge in [0.25, 0.3) is 5.95 Å². The van der Waals surface area contributed by atoms with Gasteiger partial charge < -0.3 is 4.74 Å². The van der Waals surface area contributed by atoms with Crippen LogP contribution < -0.4 is 5.32 Å². The maximum Gasteiger partial charge on any atom is 0.414 e. The van der Waals surface area contributed by atoms with Crippen LogP contribution >= 0.6 is 0 Å². The SMILES string of the molecule is N#Cc1ccc(-n2cnc(NC(=O)OCc3ccccc3)n2)cc1. The van der Waals surface area contributed by atoms with Crippen LogP contribution in [0.2, 0.25) is 0 Å². The summed E-state index contributed by atoms with van der Waals surface area (Å²) in [6, 6.07) is 18.3. The van der Waals surface area contributed by atoms with E-state index in [1.54, 1.807) is 24.3 Å². The van der Waals surface area contributed by atoms with E-state index >= 15 is 0 Å². The van der Waals surface area contributed by atoms with E-state index < -0.39 is 6.09 Å². The highest BCUT2D eigenvalue weighted by atomic mass is 16.5. The third-order valence-corrected chi connectivity index (χ3v) is 3.18. The lowest BCUT2D eigenvalue weighted by atomic mass is 10.2. The van der Waals surface area contributed by atoms with E-state index in [9.17, 15) is 4.79 Å². The molecule has 0 fully saturated rings. The van der Waals surface area contributed by atoms with Crippen molar-refractivity contribution in [2.24, 2.45) is 0 Å². The van der Waals surface area contributed by atoms with E-state index in [1.165, 1.54) is 11.0 Å². The number of nitrogens with one attached hydrogen (secondary N) is 1. The number of amides is 1. The fraction of sp³-hybridized carbons (Fsp3) is 0.0588. The number of benzene rings is 2. The zero-order valence-corrected chi connectivity index (χ0v) is 12.6. The topological polar surface area (TPSA) is 92.8 Å². The summed E-state index contributed by atoms with van der Waals surface area (Å²) in [6.07, 6.45) is 0.838. The summed E-state index contributed by atoms with van der Waals surface area (Å²) in [5.41, 5.74) is 2.18. The second-order valence-corrected chi connectivity index (χ2v) is 4.86. The quantitative estimate of drug-likeness (QED) is 0.798. The van der Waals surface area contributed by atoms with Gasteiger partial charge in [0.1, 0.15) is 12.9 Å². The molecule has 7 heteroatoms. The number of anilines is 1. The van der Waals surface area contributed by atoms with Gasteiger partial charge in [-0.2, -0.15) is 10.2 Å². The Hall–Kier alpha value is -3.66. The Balaban J connectivity index is 1.59. The van der Waals surface area contributed by atoms with Gasteiger partial charge in [0.05, 0.1) is 17.3 Å². The van der Waals surface area contributed by atoms with Gasteiger partial charge in [0.15, 0.2) is 0 Å². The molecule has 1 amide bonds. The minimum Gasteiger partial charge on any atom is -0.444 e. The van der Waals surface area contributed by atoms with Gasteiger partial charge >= 0.3 is 6.09 Å². The number of nitrogens with zero attached hydrogens (tertiary/aromatic N) is 4. The first-order valence-corrected chi connectivity index (χ1v) is 7.14. The number of aromatic nitrogens is 3. The lowest BCUT2D eigenvalue weighted by Crippen LogP contribution is -2.14. The highest BCUT2D eigenvalue weighted by Crippen LogP contribution is 2.10. The summed E-state index contributed by atoms with van der Waals surface area (Å²) < 4.78 is 6.60. The lowest BCUT2D eigenvalue weighted by Gasteiger charge is -2.04. The fourth-order valence-corrected chi connectivity index (χ4v) is 1.98. The lowest BCUT2D eigenvalue weighted by molar-refractivity contribution is 0.155. The molecule has 0 radical (unpaired) electrons. The average molecular weight is 319 g/mol. The van der Waals surface area contributed by atoms with Crippen LogP contribution in [-0.4, -0.2) is 20.9 Å². The molecule has 24 heavy (non-hydrogen) atoms. The summed E-state index contributed by atoms with van der Waals surface area (Å²) in [7, 11) is 0. The largest absolute Gasteiger partial charge is 0.444 e. The van der Waals surface area contributed by atoms with E-state index in [-0.39, 0.29) is 12.6 Å². The van der Waals surface area contributed by atoms with Crippen LogP contribution in [0, 0.1) is 11.3 Å². The predicted octanol–water partition coefficient (Wildman–Crippen LogP) is 2.89. The van der Waals surface area contributed by atoms with Crippen molar-refractivity contribution in [2.45, 2.75) is 6.61 Å². The maximum atomic E-state index is 11.8. The highest BCUT2D eigenvalue weighted by molar-refractivity contribution is 5.82. The summed E-state index contributed by atoms with van der Waals surface area (Å²) in [5.74, 6) is 0.137. The van der Waals surface area contributed by atoms with E-state index in [0.29, 0.717) is 5.56 Å². The first-order valence-electron chi connectivity index (χ1n) is 7.14. The van der Waals surface area contributed by atoms with Crippen molar-refractivity contribution in [3.8, 4) is 11.8 Å². The number of carbonyl (C=O) groups is 1. The molecule has 2 aromatic carbocycles. The number of hydrogen-bond acceptors (Lipinski definition) is 5. The number of nitriles is 1. The predicted molar refractivity (Wildman–Crippen MR) is 86.3 cm³/mol. The summed E-state index contributed by atoms with van der Waals surface area (Å²) >= 11 is 0. The molecule has 1 aromatic heterocycles. The Morgan fingerprint density at radius 1 is 1.17 bits per heavy atom. The molecular weight excluding hydrogens is 306 g/mol. The molecule has 0 saturated carbocycles. The third-order valence-electron chi connectivity index (χ3n) is 3.18. The van der Waals surface area contributed by atoms with Gasteiger partial charge in [-0.3, -0.25) is 5.32 Å². The van der Waals surface area contributed by atoms with Crippen LogP contribution in [0.5, 0.6) is 0 Å². The number of hydrogen-bond donors (Lipinski definition) is 1. The molecule has 3 rings (SSSR count). The molecule has 0 atom stereocenters. The Bertz CT molecular complexity index is 866. The van der Waals surface area contributed by atoms with Crippen molar-refractivity contribution in [1.29, 1.82) is 5.26 Å². The van der Waals surface area contributed by atoms with Crippen molar-refractivity contribution in [1.82, 2.24) is 14.8 Å². The third kappa shape index (κ3) is 3.75. The average Bonchev–Trinajstić information content (AvgIpc) is 3.09. The van der Waals surface area contributed by atoms with Gasteiger partial charge in [-0.05, 0) is 29.8 Å². The minimum atomic E-state index is -0.628. The molecule has 0 aliphatic carbocycles. The Morgan fingerprint density at radius 3 is 2.62 bits per heavy atom. The number of carbonyl (C=O) groups excluding carboxylic acids is 1. The second-order valence-electron chi connectivity index (χ2n) is 4.86. The first-order chi connectivity index (χ1) is 11.7. The van der Waals surface area contributed by atoms with Crippen molar-refractivity contribution >= 4 is 12.0 Å². The summed E-state index contributed by atoms with van der Waals surface area (Å²) in [5, 5.41) is 15.4. The van der Waals surface area contributed by atoms with Crippen molar-refractivity contribution < 1.29 is 9.53 Å². The zero-order chi connectivity index (χ0) is 16.8. The second kappa shape index (κ2) is 7.07. The van der Waals surface area contributed by atoms with Crippen LogP contribution in [0.15, 0.2) is 60.9 Å². The van der Waals surface area contributed by atoms with Crippen LogP contribution in [0.3, 0.4) is 0 Å². The maximum absolute atomic E-state index is 11.8. The molecule has 7 nitrogen and oxygen atoms in total. The molecule has 1 heterocycles. The van der Waals surface area contributed by atoms with Gasteiger partial charge in [0, 0.05) is 0 Å². The summed E-state index contributed by atoms with van der Waals surface area (Å²) in [6.45, 7) is 0.170. The Kier molecular flexibility index (Phi) is 4.49. The van der Waals surface area contributed by atoms with Crippen LogP contribution in [-0.2, 0) is 11.3 Å². The molecular formula is C17H13N5O2. The molecule has 0 aliphatic heterocycles. The van der Waals surface area contributed by atoms with Crippen molar-refractivity contribution in [3.05, 3.63) is 72.1 Å². The van der Waals surface area contributed by atoms with E-state index in [2.05, 4.69) is 15.4 Å². The van der Waals surface area contributed by atoms with Crippen LogP contribution in [0.4, 0.5) is 10.7 Å². The monoisotopic (exact) mass is 319 g/mol. The van der Waals surface area contributed by atoms with Crippen molar-refractivity contribution in [3.63, 3.8) is 0 Å². The van der Waals surface area contributed by atoms with Crippen LogP contribution in [0.25, 0.3) is 5.69 Å². The Morgan fingerprint density at radius 2 is 1.92 bits per heavy atom. The highest BCUT2D eigenvalue weighted by Gasteiger charge is 2.08. The standard InChI is InChI=1S/C17H13N5O2/c18-10-13-6-8-15(9-7-13)22-12-19-16(21-22)20-17(23)24-11-14-4-2-1-3-5-14/h1-9,12H,11H2,(H,20,21,23). The first kappa shape index (κ1) is 15.2. The fourth-order valence-electron chi connectivity index (χ4n) is 1.98. The van der Waals surface area contributed by atoms with Gasteiger partial charge in [-0.1, -0.05) is 30.3 Å². The molecule has 0 spiro atoms. The zero-order valence-electron chi connectivity index (χ0n) is 12.6. The molecule has 3 aromatic rings. The molecule has 0 bridgehead atoms. The Labute approximate surface area is 138 Å². The molecule has 1 N–H and O–H groups in total. The minimum absolute atomic E-state index is 0.137. The van der Waals surface area contributed by atoms with E-state index in [1.807, 2.05) is 36.4 Å². The van der Waals surface area contributed by atoms with Gasteiger partial charge in [-0.25, -0.2) is 9.48 Å². The molecule has 0 saturated heterocycles. The molecule has 0 aliphatic rings. The van der Waals surface area contributed by atoms with Crippen LogP contribution in [0.1, 0.15) is 11.1 Å². The van der Waals surface area contributed by atoms with Crippen molar-refractivity contribution in [2.75, 3.05) is 5.32 Å². The van der Waals surface area contributed by atoms with Gasteiger partial charge in [0.2, 0.25) is 0 Å². The van der Waals surface area contributed by atoms with E-state index in [0.717, 1.165) is 11.3 Å². The van der Waals surface area contributed by atoms with Gasteiger partial charge in [-0.15, -0.1) is 5.10 Å². The normalized spacial score (nSPS) is 9.96. The number of ether oxygens (including phenoxy) is 1. The number of rotatable bonds is 4. The molecule has 118 valence electrons. The molecule has 0 unspecified atom stereocenters.